The van der Waals surface area contributed by atoms with Gasteiger partial charge in [0.15, 0.2) is 0 Å². The van der Waals surface area contributed by atoms with E-state index in [1.807, 2.05) is 41.8 Å². The van der Waals surface area contributed by atoms with Gasteiger partial charge in [-0.1, -0.05) is 30.3 Å². The minimum atomic E-state index is 0.0344. The van der Waals surface area contributed by atoms with Gasteiger partial charge >= 0.3 is 0 Å². The molecule has 24 heavy (non-hydrogen) atoms. The van der Waals surface area contributed by atoms with Crippen molar-refractivity contribution >= 4 is 17.2 Å². The fourth-order valence-electron chi connectivity index (χ4n) is 3.82. The van der Waals surface area contributed by atoms with Crippen LogP contribution in [0.3, 0.4) is 0 Å². The average Bonchev–Trinajstić information content (AvgIpc) is 3.32. The Kier molecular flexibility index (Phi) is 4.54. The molecule has 2 N–H and O–H groups in total. The van der Waals surface area contributed by atoms with Gasteiger partial charge in [0, 0.05) is 24.0 Å². The Morgan fingerprint density at radius 3 is 3.00 bits per heavy atom. The molecule has 5 heteroatoms. The standard InChI is InChI=1S/C19H22N2O2S/c22-19(21-17-7-6-14-9-20-10-16(14)17)18-8-15(12-24-18)23-11-13-4-2-1-3-5-13/h1-5,8,12,14,16-17,20H,6-7,9-11H2,(H,21,22). The van der Waals surface area contributed by atoms with Crippen LogP contribution in [0.1, 0.15) is 28.1 Å². The van der Waals surface area contributed by atoms with Gasteiger partial charge in [0.2, 0.25) is 0 Å². The summed E-state index contributed by atoms with van der Waals surface area (Å²) in [5.41, 5.74) is 1.13. The third kappa shape index (κ3) is 3.32. The van der Waals surface area contributed by atoms with Crippen LogP contribution in [0.4, 0.5) is 0 Å². The third-order valence-electron chi connectivity index (χ3n) is 5.12. The van der Waals surface area contributed by atoms with Crippen molar-refractivity contribution in [1.29, 1.82) is 0 Å². The number of nitrogens with one attached hydrogen (secondary N) is 2. The topological polar surface area (TPSA) is 50.4 Å². The Hall–Kier alpha value is -1.85. The molecule has 0 bridgehead atoms. The Morgan fingerprint density at radius 2 is 2.12 bits per heavy atom. The maximum Gasteiger partial charge on any atom is 0.261 e. The van der Waals surface area contributed by atoms with E-state index >= 15 is 0 Å². The molecule has 2 heterocycles. The number of carbonyl (C=O) groups is 1. The van der Waals surface area contributed by atoms with Crippen molar-refractivity contribution in [3.05, 3.63) is 52.2 Å². The van der Waals surface area contributed by atoms with E-state index < -0.39 is 0 Å². The zero-order chi connectivity index (χ0) is 16.4. The molecule has 1 saturated heterocycles. The van der Waals surface area contributed by atoms with Gasteiger partial charge in [0.05, 0.1) is 4.88 Å². The Labute approximate surface area is 146 Å². The summed E-state index contributed by atoms with van der Waals surface area (Å²) in [6, 6.07) is 12.2. The summed E-state index contributed by atoms with van der Waals surface area (Å²) in [5.74, 6) is 2.14. The number of benzene rings is 1. The summed E-state index contributed by atoms with van der Waals surface area (Å²) in [5, 5.41) is 8.57. The second-order valence-electron chi connectivity index (χ2n) is 6.66. The first-order valence-electron chi connectivity index (χ1n) is 8.56. The number of fused-ring (bicyclic) bond motifs is 1. The summed E-state index contributed by atoms with van der Waals surface area (Å²) in [6.45, 7) is 2.66. The molecule has 3 atom stereocenters. The minimum absolute atomic E-state index is 0.0344. The highest BCUT2D eigenvalue weighted by Crippen LogP contribution is 2.35. The molecule has 4 rings (SSSR count). The van der Waals surface area contributed by atoms with E-state index in [4.69, 9.17) is 4.74 Å². The molecule has 1 amide bonds. The van der Waals surface area contributed by atoms with Gasteiger partial charge in [-0.2, -0.15) is 0 Å². The van der Waals surface area contributed by atoms with Crippen LogP contribution < -0.4 is 15.4 Å². The van der Waals surface area contributed by atoms with Crippen LogP contribution in [0.5, 0.6) is 5.75 Å². The molecule has 1 aromatic heterocycles. The molecule has 3 unspecified atom stereocenters. The van der Waals surface area contributed by atoms with Gasteiger partial charge in [-0.3, -0.25) is 4.79 Å². The molecule has 1 aliphatic heterocycles. The lowest BCUT2D eigenvalue weighted by atomic mass is 9.98. The van der Waals surface area contributed by atoms with E-state index in [2.05, 4.69) is 10.6 Å². The highest BCUT2D eigenvalue weighted by atomic mass is 32.1. The van der Waals surface area contributed by atoms with Crippen LogP contribution in [0, 0.1) is 11.8 Å². The summed E-state index contributed by atoms with van der Waals surface area (Å²) in [7, 11) is 0. The van der Waals surface area contributed by atoms with Gasteiger partial charge in [0.1, 0.15) is 12.4 Å². The molecule has 4 nitrogen and oxygen atoms in total. The van der Waals surface area contributed by atoms with Gasteiger partial charge in [0.25, 0.3) is 5.91 Å². The zero-order valence-corrected chi connectivity index (χ0v) is 14.4. The molecular formula is C19H22N2O2S. The number of amides is 1. The first-order valence-corrected chi connectivity index (χ1v) is 9.44. The number of hydrogen-bond acceptors (Lipinski definition) is 4. The van der Waals surface area contributed by atoms with Crippen molar-refractivity contribution in [2.75, 3.05) is 13.1 Å². The number of rotatable bonds is 5. The van der Waals surface area contributed by atoms with Gasteiger partial charge < -0.3 is 15.4 Å². The third-order valence-corrected chi connectivity index (χ3v) is 6.03. The van der Waals surface area contributed by atoms with E-state index in [0.717, 1.165) is 41.6 Å². The second kappa shape index (κ2) is 6.95. The normalized spacial score (nSPS) is 25.4. The van der Waals surface area contributed by atoms with Crippen molar-refractivity contribution in [3.8, 4) is 5.75 Å². The molecule has 1 aliphatic carbocycles. The van der Waals surface area contributed by atoms with E-state index in [9.17, 15) is 4.79 Å². The van der Waals surface area contributed by atoms with Gasteiger partial charge in [-0.25, -0.2) is 0 Å². The molecule has 1 saturated carbocycles. The summed E-state index contributed by atoms with van der Waals surface area (Å²) >= 11 is 1.45. The van der Waals surface area contributed by atoms with Crippen LogP contribution in [-0.4, -0.2) is 25.0 Å². The van der Waals surface area contributed by atoms with E-state index in [-0.39, 0.29) is 5.91 Å². The first kappa shape index (κ1) is 15.7. The predicted octanol–water partition coefficient (Wildman–Crippen LogP) is 3.05. The van der Waals surface area contributed by atoms with E-state index in [1.54, 1.807) is 0 Å². The van der Waals surface area contributed by atoms with Crippen LogP contribution in [0.2, 0.25) is 0 Å². The fraction of sp³-hybridized carbons (Fsp3) is 0.421. The summed E-state index contributed by atoms with van der Waals surface area (Å²) in [4.78, 5) is 13.2. The Balaban J connectivity index is 1.33. The lowest BCUT2D eigenvalue weighted by molar-refractivity contribution is 0.0932. The first-order chi connectivity index (χ1) is 11.8. The quantitative estimate of drug-likeness (QED) is 0.878. The molecule has 2 fully saturated rings. The average molecular weight is 342 g/mol. The van der Waals surface area contributed by atoms with Crippen LogP contribution in [0.25, 0.3) is 0 Å². The fourth-order valence-corrected chi connectivity index (χ4v) is 4.55. The van der Waals surface area contributed by atoms with Gasteiger partial charge in [-0.15, -0.1) is 11.3 Å². The SMILES string of the molecule is O=C(NC1CCC2CNCC21)c1cc(OCc2ccccc2)cs1. The highest BCUT2D eigenvalue weighted by Gasteiger charge is 2.39. The molecule has 1 aromatic carbocycles. The van der Waals surface area contributed by atoms with Crippen LogP contribution in [0.15, 0.2) is 41.8 Å². The smallest absolute Gasteiger partial charge is 0.261 e. The number of thiophene rings is 1. The maximum atomic E-state index is 12.5. The maximum absolute atomic E-state index is 12.5. The largest absolute Gasteiger partial charge is 0.488 e. The molecule has 2 aromatic rings. The van der Waals surface area contributed by atoms with Crippen molar-refractivity contribution in [3.63, 3.8) is 0 Å². The molecule has 0 radical (unpaired) electrons. The lowest BCUT2D eigenvalue weighted by Crippen LogP contribution is -2.39. The summed E-state index contributed by atoms with van der Waals surface area (Å²) < 4.78 is 5.78. The second-order valence-corrected chi connectivity index (χ2v) is 7.57. The van der Waals surface area contributed by atoms with Crippen molar-refractivity contribution < 1.29 is 9.53 Å². The number of carbonyl (C=O) groups excluding carboxylic acids is 1. The van der Waals surface area contributed by atoms with Crippen LogP contribution in [-0.2, 0) is 6.61 Å². The van der Waals surface area contributed by atoms with Crippen molar-refractivity contribution in [2.45, 2.75) is 25.5 Å². The molecule has 0 spiro atoms. The molecule has 126 valence electrons. The predicted molar refractivity (Wildman–Crippen MR) is 95.4 cm³/mol. The molecular weight excluding hydrogens is 320 g/mol. The van der Waals surface area contributed by atoms with Gasteiger partial charge in [-0.05, 0) is 36.8 Å². The Morgan fingerprint density at radius 1 is 1.25 bits per heavy atom. The van der Waals surface area contributed by atoms with E-state index in [0.29, 0.717) is 18.6 Å². The van der Waals surface area contributed by atoms with Crippen molar-refractivity contribution in [1.82, 2.24) is 10.6 Å². The number of ether oxygens (including phenoxy) is 1. The Bertz CT molecular complexity index is 700. The molecule has 2 aliphatic rings. The monoisotopic (exact) mass is 342 g/mol. The highest BCUT2D eigenvalue weighted by molar-refractivity contribution is 7.12. The van der Waals surface area contributed by atoms with Crippen LogP contribution >= 0.6 is 11.3 Å². The van der Waals surface area contributed by atoms with Crippen molar-refractivity contribution in [2.24, 2.45) is 11.8 Å². The lowest BCUT2D eigenvalue weighted by Gasteiger charge is -2.18. The summed E-state index contributed by atoms with van der Waals surface area (Å²) in [6.07, 6.45) is 2.32. The van der Waals surface area contributed by atoms with E-state index in [1.165, 1.54) is 17.8 Å². The zero-order valence-electron chi connectivity index (χ0n) is 13.5. The minimum Gasteiger partial charge on any atom is -0.488 e. The number of hydrogen-bond donors (Lipinski definition) is 2.